The van der Waals surface area contributed by atoms with Gasteiger partial charge in [-0.1, -0.05) is 11.6 Å². The third-order valence-corrected chi connectivity index (χ3v) is 3.05. The third kappa shape index (κ3) is 5.03. The molecule has 0 spiro atoms. The maximum atomic E-state index is 12.1. The second kappa shape index (κ2) is 6.53. The third-order valence-electron chi connectivity index (χ3n) is 2.82. The van der Waals surface area contributed by atoms with E-state index in [1.165, 1.54) is 12.1 Å². The summed E-state index contributed by atoms with van der Waals surface area (Å²) in [5, 5.41) is 22.4. The van der Waals surface area contributed by atoms with E-state index in [0.717, 1.165) is 6.07 Å². The number of carbonyl (C=O) groups is 2. The van der Waals surface area contributed by atoms with Crippen LogP contribution < -0.4 is 5.32 Å². The van der Waals surface area contributed by atoms with E-state index in [9.17, 15) is 19.7 Å². The van der Waals surface area contributed by atoms with Crippen LogP contribution in [0.4, 0.5) is 5.69 Å². The monoisotopic (exact) mass is 314 g/mol. The molecule has 1 aromatic carbocycles. The van der Waals surface area contributed by atoms with Crippen LogP contribution in [0.5, 0.6) is 0 Å². The first kappa shape index (κ1) is 16.9. The molecule has 0 aliphatic rings. The van der Waals surface area contributed by atoms with Crippen molar-refractivity contribution in [3.63, 3.8) is 0 Å². The van der Waals surface area contributed by atoms with E-state index in [-0.39, 0.29) is 23.4 Å². The summed E-state index contributed by atoms with van der Waals surface area (Å²) in [6.45, 7) is 3.30. The zero-order valence-electron chi connectivity index (χ0n) is 11.6. The van der Waals surface area contributed by atoms with Crippen LogP contribution in [0.25, 0.3) is 0 Å². The summed E-state index contributed by atoms with van der Waals surface area (Å²) >= 11 is 5.68. The lowest BCUT2D eigenvalue weighted by molar-refractivity contribution is -0.385. The lowest BCUT2D eigenvalue weighted by Crippen LogP contribution is -2.43. The Hall–Kier alpha value is -2.15. The van der Waals surface area contributed by atoms with Gasteiger partial charge in [-0.15, -0.1) is 0 Å². The fraction of sp³-hybridized carbons (Fsp3) is 0.385. The maximum absolute atomic E-state index is 12.1. The standard InChI is InChI=1S/C13H15ClN2O5/c1-13(2,6-5-11(17)18)15-12(19)9-4-3-8(14)7-10(9)16(20)21/h3-4,7H,5-6H2,1-2H3,(H,15,19)(H,17,18). The summed E-state index contributed by atoms with van der Waals surface area (Å²) in [6.07, 6.45) is 0.0887. The molecule has 0 radical (unpaired) electrons. The molecule has 0 aromatic heterocycles. The number of halogens is 1. The summed E-state index contributed by atoms with van der Waals surface area (Å²) in [6, 6.07) is 3.75. The number of aliphatic carboxylic acids is 1. The van der Waals surface area contributed by atoms with Crippen LogP contribution in [0.15, 0.2) is 18.2 Å². The molecule has 8 heteroatoms. The molecule has 0 unspecified atom stereocenters. The van der Waals surface area contributed by atoms with Gasteiger partial charge in [0.1, 0.15) is 5.56 Å². The molecule has 1 amide bonds. The SMILES string of the molecule is CC(C)(CCC(=O)O)NC(=O)c1ccc(Cl)cc1[N+](=O)[O-]. The number of nitrogens with one attached hydrogen (secondary N) is 1. The minimum Gasteiger partial charge on any atom is -0.481 e. The number of nitrogens with zero attached hydrogens (tertiary/aromatic N) is 1. The second-order valence-electron chi connectivity index (χ2n) is 5.15. The minimum absolute atomic E-state index is 0.115. The fourth-order valence-electron chi connectivity index (χ4n) is 1.70. The highest BCUT2D eigenvalue weighted by Crippen LogP contribution is 2.24. The van der Waals surface area contributed by atoms with Crippen molar-refractivity contribution in [2.45, 2.75) is 32.2 Å². The number of carbonyl (C=O) groups excluding carboxylic acids is 1. The largest absolute Gasteiger partial charge is 0.481 e. The molecule has 21 heavy (non-hydrogen) atoms. The van der Waals surface area contributed by atoms with Crippen molar-refractivity contribution in [3.05, 3.63) is 38.9 Å². The molecular weight excluding hydrogens is 300 g/mol. The van der Waals surface area contributed by atoms with E-state index in [1.54, 1.807) is 13.8 Å². The number of amides is 1. The first-order valence-electron chi connectivity index (χ1n) is 6.10. The molecule has 7 nitrogen and oxygen atoms in total. The molecule has 0 fully saturated rings. The van der Waals surface area contributed by atoms with Gasteiger partial charge in [-0.25, -0.2) is 0 Å². The maximum Gasteiger partial charge on any atom is 0.303 e. The van der Waals surface area contributed by atoms with E-state index in [0.29, 0.717) is 0 Å². The number of hydrogen-bond acceptors (Lipinski definition) is 4. The van der Waals surface area contributed by atoms with Gasteiger partial charge in [0.15, 0.2) is 0 Å². The van der Waals surface area contributed by atoms with Crippen molar-refractivity contribution in [1.29, 1.82) is 0 Å². The zero-order valence-corrected chi connectivity index (χ0v) is 12.3. The van der Waals surface area contributed by atoms with Gasteiger partial charge in [-0.3, -0.25) is 19.7 Å². The first-order valence-corrected chi connectivity index (χ1v) is 6.48. The first-order chi connectivity index (χ1) is 9.62. The molecule has 0 saturated heterocycles. The van der Waals surface area contributed by atoms with Gasteiger partial charge in [0, 0.05) is 23.0 Å². The Morgan fingerprint density at radius 2 is 2.05 bits per heavy atom. The van der Waals surface area contributed by atoms with Crippen molar-refractivity contribution in [2.75, 3.05) is 0 Å². The minimum atomic E-state index is -0.977. The smallest absolute Gasteiger partial charge is 0.303 e. The number of nitro benzene ring substituents is 1. The van der Waals surface area contributed by atoms with Crippen LogP contribution in [0.3, 0.4) is 0 Å². The lowest BCUT2D eigenvalue weighted by atomic mass is 9.97. The summed E-state index contributed by atoms with van der Waals surface area (Å²) in [4.78, 5) is 33.0. The van der Waals surface area contributed by atoms with Gasteiger partial charge in [-0.2, -0.15) is 0 Å². The number of carboxylic acid groups (broad SMARTS) is 1. The van der Waals surface area contributed by atoms with Gasteiger partial charge in [0.2, 0.25) is 0 Å². The normalized spacial score (nSPS) is 11.0. The Bertz CT molecular complexity index is 586. The second-order valence-corrected chi connectivity index (χ2v) is 5.59. The van der Waals surface area contributed by atoms with Crippen LogP contribution in [-0.2, 0) is 4.79 Å². The quantitative estimate of drug-likeness (QED) is 0.619. The summed E-state index contributed by atoms with van der Waals surface area (Å²) in [5.74, 6) is -1.62. The van der Waals surface area contributed by atoms with Crippen LogP contribution in [-0.4, -0.2) is 27.4 Å². The van der Waals surface area contributed by atoms with Gasteiger partial charge >= 0.3 is 5.97 Å². The van der Waals surface area contributed by atoms with E-state index >= 15 is 0 Å². The molecule has 114 valence electrons. The molecule has 0 atom stereocenters. The van der Waals surface area contributed by atoms with E-state index < -0.39 is 28.0 Å². The number of benzene rings is 1. The zero-order chi connectivity index (χ0) is 16.2. The van der Waals surface area contributed by atoms with Crippen molar-refractivity contribution in [3.8, 4) is 0 Å². The fourth-order valence-corrected chi connectivity index (χ4v) is 1.87. The highest BCUT2D eigenvalue weighted by atomic mass is 35.5. The predicted octanol–water partition coefficient (Wildman–Crippen LogP) is 2.62. The predicted molar refractivity (Wildman–Crippen MR) is 76.5 cm³/mol. The van der Waals surface area contributed by atoms with Gasteiger partial charge in [0.25, 0.3) is 11.6 Å². The van der Waals surface area contributed by atoms with E-state index in [4.69, 9.17) is 16.7 Å². The molecular formula is C13H15ClN2O5. The Morgan fingerprint density at radius 3 is 2.57 bits per heavy atom. The average Bonchev–Trinajstić information content (AvgIpc) is 2.35. The van der Waals surface area contributed by atoms with Gasteiger partial charge < -0.3 is 10.4 Å². The van der Waals surface area contributed by atoms with E-state index in [2.05, 4.69) is 5.32 Å². The molecule has 1 aromatic rings. The highest BCUT2D eigenvalue weighted by molar-refractivity contribution is 6.31. The average molecular weight is 315 g/mol. The molecule has 0 saturated carbocycles. The summed E-state index contributed by atoms with van der Waals surface area (Å²) in [5.41, 5.74) is -1.31. The summed E-state index contributed by atoms with van der Waals surface area (Å²) in [7, 11) is 0. The molecule has 2 N–H and O–H groups in total. The van der Waals surface area contributed by atoms with Crippen molar-refractivity contribution >= 4 is 29.2 Å². The number of carboxylic acids is 1. The molecule has 0 aliphatic carbocycles. The molecule has 1 rings (SSSR count). The Balaban J connectivity index is 2.94. The van der Waals surface area contributed by atoms with Crippen LogP contribution in [0.2, 0.25) is 5.02 Å². The highest BCUT2D eigenvalue weighted by Gasteiger charge is 2.26. The molecule has 0 aliphatic heterocycles. The number of nitro groups is 1. The van der Waals surface area contributed by atoms with E-state index in [1.807, 2.05) is 0 Å². The van der Waals surface area contributed by atoms with Crippen LogP contribution >= 0.6 is 11.6 Å². The van der Waals surface area contributed by atoms with Crippen LogP contribution in [0, 0.1) is 10.1 Å². The molecule has 0 heterocycles. The number of rotatable bonds is 6. The lowest BCUT2D eigenvalue weighted by Gasteiger charge is -2.25. The Morgan fingerprint density at radius 1 is 1.43 bits per heavy atom. The summed E-state index contributed by atoms with van der Waals surface area (Å²) < 4.78 is 0. The van der Waals surface area contributed by atoms with Crippen molar-refractivity contribution in [1.82, 2.24) is 5.32 Å². The molecule has 0 bridgehead atoms. The Kier molecular flexibility index (Phi) is 5.26. The topological polar surface area (TPSA) is 110 Å². The van der Waals surface area contributed by atoms with Gasteiger partial charge in [0.05, 0.1) is 4.92 Å². The number of hydrogen-bond donors (Lipinski definition) is 2. The van der Waals surface area contributed by atoms with Crippen molar-refractivity contribution < 1.29 is 19.6 Å². The van der Waals surface area contributed by atoms with Crippen molar-refractivity contribution in [2.24, 2.45) is 0 Å². The van der Waals surface area contributed by atoms with Gasteiger partial charge in [-0.05, 0) is 32.4 Å². The van der Waals surface area contributed by atoms with Crippen LogP contribution in [0.1, 0.15) is 37.0 Å². The Labute approximate surface area is 126 Å².